The number of rotatable bonds is 4. The topological polar surface area (TPSA) is 127 Å². The van der Waals surface area contributed by atoms with Gasteiger partial charge in [0.05, 0.1) is 0 Å². The summed E-state index contributed by atoms with van der Waals surface area (Å²) in [4.78, 5) is 11.2. The molecule has 0 fully saturated rings. The van der Waals surface area contributed by atoms with Crippen LogP contribution < -0.4 is 4.74 Å². The van der Waals surface area contributed by atoms with Crippen LogP contribution in [-0.2, 0) is 4.79 Å². The van der Waals surface area contributed by atoms with Crippen molar-refractivity contribution >= 4 is 16.7 Å². The van der Waals surface area contributed by atoms with Crippen LogP contribution in [0.2, 0.25) is 0 Å². The lowest BCUT2D eigenvalue weighted by Gasteiger charge is -2.21. The monoisotopic (exact) mass is 370 g/mol. The van der Waals surface area contributed by atoms with Gasteiger partial charge in [0.25, 0.3) is 0 Å². The molecule has 7 heteroatoms. The molecule has 5 N–H and O–H groups in total. The molecule has 0 radical (unpaired) electrons. The van der Waals surface area contributed by atoms with Gasteiger partial charge in [-0.1, -0.05) is 30.3 Å². The number of phenolic OH excluding ortho intramolecular Hbond substituents is 4. The highest BCUT2D eigenvalue weighted by atomic mass is 16.5. The number of carbonyl (C=O) groups is 1. The van der Waals surface area contributed by atoms with E-state index in [1.807, 2.05) is 0 Å². The summed E-state index contributed by atoms with van der Waals surface area (Å²) in [7, 11) is 0. The third-order valence-electron chi connectivity index (χ3n) is 4.28. The van der Waals surface area contributed by atoms with Gasteiger partial charge in [-0.3, -0.25) is 0 Å². The van der Waals surface area contributed by atoms with E-state index < -0.39 is 34.6 Å². The van der Waals surface area contributed by atoms with E-state index in [4.69, 9.17) is 9.84 Å². The van der Waals surface area contributed by atoms with E-state index in [9.17, 15) is 25.2 Å². The van der Waals surface area contributed by atoms with Crippen molar-refractivity contribution in [1.82, 2.24) is 0 Å². The summed E-state index contributed by atoms with van der Waals surface area (Å²) in [6.07, 6.45) is 0. The third-order valence-corrected chi connectivity index (χ3v) is 4.28. The van der Waals surface area contributed by atoms with Gasteiger partial charge in [-0.25, -0.2) is 4.79 Å². The number of fused-ring (bicyclic) bond motifs is 1. The number of benzene rings is 3. The molecule has 3 aromatic carbocycles. The summed E-state index contributed by atoms with van der Waals surface area (Å²) in [5, 5.41) is 49.4. The van der Waals surface area contributed by atoms with Crippen LogP contribution in [0.1, 0.15) is 13.8 Å². The summed E-state index contributed by atoms with van der Waals surface area (Å²) in [5.74, 6) is -3.45. The fraction of sp³-hybridized carbons (Fsp3) is 0.150. The fourth-order valence-electron chi connectivity index (χ4n) is 2.76. The molecular formula is C20H18O7. The van der Waals surface area contributed by atoms with Crippen molar-refractivity contribution in [2.75, 3.05) is 0 Å². The predicted octanol–water partition coefficient (Wildman–Crippen LogP) is 3.57. The molecule has 0 atom stereocenters. The molecule has 0 aliphatic heterocycles. The minimum absolute atomic E-state index is 0.171. The molecule has 140 valence electrons. The largest absolute Gasteiger partial charge is 0.504 e. The van der Waals surface area contributed by atoms with Gasteiger partial charge >= 0.3 is 5.97 Å². The Morgan fingerprint density at radius 2 is 1.44 bits per heavy atom. The zero-order valence-electron chi connectivity index (χ0n) is 14.6. The van der Waals surface area contributed by atoms with Crippen LogP contribution in [0.25, 0.3) is 21.9 Å². The van der Waals surface area contributed by atoms with Crippen molar-refractivity contribution in [2.24, 2.45) is 0 Å². The molecule has 0 aliphatic carbocycles. The highest BCUT2D eigenvalue weighted by Gasteiger charge is 2.29. The molecule has 0 heterocycles. The molecule has 27 heavy (non-hydrogen) atoms. The Kier molecular flexibility index (Phi) is 4.23. The van der Waals surface area contributed by atoms with Crippen LogP contribution in [-0.4, -0.2) is 37.1 Å². The number of ether oxygens (including phenoxy) is 1. The van der Waals surface area contributed by atoms with Gasteiger partial charge in [-0.2, -0.15) is 0 Å². The smallest absolute Gasteiger partial charge is 0.347 e. The quantitative estimate of drug-likeness (QED) is 0.351. The van der Waals surface area contributed by atoms with E-state index in [1.54, 1.807) is 36.4 Å². The average molecular weight is 370 g/mol. The standard InChI is InChI=1S/C20H18O7/c1-20(2,19(25)26)27-11-8-6-10(7-9-11)12-4-3-5-13-14(12)16(22)18(24)17(23)15(13)21/h3-9,21-24H,1-2H3,(H,25,26). The van der Waals surface area contributed by atoms with Crippen molar-refractivity contribution in [2.45, 2.75) is 19.4 Å². The molecule has 3 rings (SSSR count). The van der Waals surface area contributed by atoms with E-state index >= 15 is 0 Å². The average Bonchev–Trinajstić information content (AvgIpc) is 2.64. The lowest BCUT2D eigenvalue weighted by atomic mass is 9.96. The number of hydrogen-bond acceptors (Lipinski definition) is 6. The van der Waals surface area contributed by atoms with Crippen molar-refractivity contribution < 1.29 is 35.1 Å². The molecule has 0 spiro atoms. The van der Waals surface area contributed by atoms with Gasteiger partial charge in [0.15, 0.2) is 17.1 Å². The second-order valence-corrected chi connectivity index (χ2v) is 6.56. The third kappa shape index (κ3) is 3.03. The van der Waals surface area contributed by atoms with E-state index in [-0.39, 0.29) is 10.8 Å². The normalized spacial score (nSPS) is 11.5. The summed E-state index contributed by atoms with van der Waals surface area (Å²) in [6, 6.07) is 11.3. The number of carboxylic acid groups (broad SMARTS) is 1. The molecule has 0 unspecified atom stereocenters. The van der Waals surface area contributed by atoms with Gasteiger partial charge in [-0.15, -0.1) is 0 Å². The fourth-order valence-corrected chi connectivity index (χ4v) is 2.76. The first-order chi connectivity index (χ1) is 12.6. The Bertz CT molecular complexity index is 1040. The first-order valence-corrected chi connectivity index (χ1v) is 8.05. The van der Waals surface area contributed by atoms with Crippen LogP contribution in [0.3, 0.4) is 0 Å². The minimum Gasteiger partial charge on any atom is -0.504 e. The molecule has 0 aliphatic rings. The zero-order chi connectivity index (χ0) is 19.9. The number of aliphatic carboxylic acids is 1. The van der Waals surface area contributed by atoms with Crippen LogP contribution in [0, 0.1) is 0 Å². The Balaban J connectivity index is 2.10. The number of carboxylic acids is 1. The summed E-state index contributed by atoms with van der Waals surface area (Å²) in [5.41, 5.74) is -0.269. The Hall–Kier alpha value is -3.61. The van der Waals surface area contributed by atoms with E-state index in [2.05, 4.69) is 0 Å². The molecule has 7 nitrogen and oxygen atoms in total. The van der Waals surface area contributed by atoms with Crippen molar-refractivity contribution in [1.29, 1.82) is 0 Å². The summed E-state index contributed by atoms with van der Waals surface area (Å²) < 4.78 is 5.46. The van der Waals surface area contributed by atoms with Crippen molar-refractivity contribution in [3.8, 4) is 39.9 Å². The number of hydrogen-bond donors (Lipinski definition) is 5. The molecular weight excluding hydrogens is 352 g/mol. The Morgan fingerprint density at radius 1 is 0.852 bits per heavy atom. The highest BCUT2D eigenvalue weighted by Crippen LogP contribution is 2.51. The molecule has 0 saturated carbocycles. The minimum atomic E-state index is -1.39. The van der Waals surface area contributed by atoms with E-state index in [0.29, 0.717) is 16.9 Å². The molecule has 0 aromatic heterocycles. The lowest BCUT2D eigenvalue weighted by Crippen LogP contribution is -2.37. The number of aromatic hydroxyl groups is 4. The van der Waals surface area contributed by atoms with Crippen LogP contribution in [0.4, 0.5) is 0 Å². The first-order valence-electron chi connectivity index (χ1n) is 8.05. The molecule has 0 saturated heterocycles. The molecule has 3 aromatic rings. The van der Waals surface area contributed by atoms with Crippen molar-refractivity contribution in [3.63, 3.8) is 0 Å². The maximum absolute atomic E-state index is 11.2. The summed E-state index contributed by atoms with van der Waals surface area (Å²) >= 11 is 0. The predicted molar refractivity (Wildman–Crippen MR) is 98.4 cm³/mol. The molecule has 0 bridgehead atoms. The van der Waals surface area contributed by atoms with Crippen molar-refractivity contribution in [3.05, 3.63) is 42.5 Å². The summed E-state index contributed by atoms with van der Waals surface area (Å²) in [6.45, 7) is 2.87. The maximum atomic E-state index is 11.2. The Labute approximate surface area is 154 Å². The SMILES string of the molecule is CC(C)(Oc1ccc(-c2cccc3c(O)c(O)c(O)c(O)c23)cc1)C(=O)O. The zero-order valence-corrected chi connectivity index (χ0v) is 14.6. The van der Waals surface area contributed by atoms with Gasteiger partial charge < -0.3 is 30.3 Å². The first kappa shape index (κ1) is 18.2. The second kappa shape index (κ2) is 6.28. The highest BCUT2D eigenvalue weighted by molar-refractivity contribution is 6.06. The van der Waals surface area contributed by atoms with E-state index in [1.165, 1.54) is 19.9 Å². The Morgan fingerprint density at radius 3 is 2.04 bits per heavy atom. The number of phenols is 4. The van der Waals surface area contributed by atoms with Crippen LogP contribution >= 0.6 is 0 Å². The van der Waals surface area contributed by atoms with Gasteiger partial charge in [-0.05, 0) is 37.1 Å². The van der Waals surface area contributed by atoms with Gasteiger partial charge in [0.1, 0.15) is 5.75 Å². The van der Waals surface area contributed by atoms with Crippen LogP contribution in [0.5, 0.6) is 28.7 Å². The lowest BCUT2D eigenvalue weighted by molar-refractivity contribution is -0.152. The van der Waals surface area contributed by atoms with E-state index in [0.717, 1.165) is 0 Å². The van der Waals surface area contributed by atoms with Gasteiger partial charge in [0.2, 0.25) is 11.5 Å². The molecule has 0 amide bonds. The van der Waals surface area contributed by atoms with Gasteiger partial charge in [0, 0.05) is 10.8 Å². The maximum Gasteiger partial charge on any atom is 0.347 e. The second-order valence-electron chi connectivity index (χ2n) is 6.56. The van der Waals surface area contributed by atoms with Crippen LogP contribution in [0.15, 0.2) is 42.5 Å².